The van der Waals surface area contributed by atoms with Crippen LogP contribution in [0.5, 0.6) is 0 Å². The van der Waals surface area contributed by atoms with Crippen molar-refractivity contribution in [3.63, 3.8) is 0 Å². The number of carbonyl (C=O) groups is 1. The largest absolute Gasteiger partial charge is 0.459 e. The zero-order valence-electron chi connectivity index (χ0n) is 17.3. The lowest BCUT2D eigenvalue weighted by Crippen LogP contribution is -2.16. The Balaban J connectivity index is 1.59. The Morgan fingerprint density at radius 3 is 2.80 bits per heavy atom. The molecule has 3 aromatic heterocycles. The fourth-order valence-electron chi connectivity index (χ4n) is 3.29. The van der Waals surface area contributed by atoms with Crippen LogP contribution in [-0.4, -0.2) is 33.7 Å². The Kier molecular flexibility index (Phi) is 5.96. The summed E-state index contributed by atoms with van der Waals surface area (Å²) in [6.45, 7) is 7.75. The monoisotopic (exact) mass is 424 g/mol. The van der Waals surface area contributed by atoms with Crippen molar-refractivity contribution in [1.82, 2.24) is 14.5 Å². The zero-order chi connectivity index (χ0) is 21.1. The van der Waals surface area contributed by atoms with Gasteiger partial charge >= 0.3 is 0 Å². The molecule has 1 aromatic carbocycles. The molecule has 4 rings (SSSR count). The van der Waals surface area contributed by atoms with Crippen LogP contribution in [0.15, 0.2) is 40.8 Å². The molecule has 0 aliphatic rings. The minimum atomic E-state index is -0.221. The van der Waals surface area contributed by atoms with E-state index in [-0.39, 0.29) is 5.91 Å². The SMILES string of the molecule is CCOCCCn1c(NC(=O)c2sc(-c3ccc(C)o3)nc2C)nc2ccccc21. The fourth-order valence-corrected chi connectivity index (χ4v) is 4.21. The number of amides is 1. The molecule has 0 fully saturated rings. The third-order valence-corrected chi connectivity index (χ3v) is 5.88. The first kappa shape index (κ1) is 20.3. The standard InChI is InChI=1S/C22H24N4O3S/c1-4-28-13-7-12-26-17-9-6-5-8-16(17)24-22(26)25-20(27)19-15(3)23-21(30-19)18-11-10-14(2)29-18/h5-6,8-11H,4,7,12-13H2,1-3H3,(H,24,25,27). The summed E-state index contributed by atoms with van der Waals surface area (Å²) >= 11 is 1.32. The molecular formula is C22H24N4O3S. The van der Waals surface area contributed by atoms with Crippen LogP contribution in [-0.2, 0) is 11.3 Å². The maximum atomic E-state index is 13.0. The van der Waals surface area contributed by atoms with Gasteiger partial charge in [-0.3, -0.25) is 10.1 Å². The number of nitrogens with zero attached hydrogens (tertiary/aromatic N) is 3. The Hall–Kier alpha value is -2.97. The van der Waals surface area contributed by atoms with Crippen LogP contribution < -0.4 is 5.32 Å². The minimum absolute atomic E-state index is 0.221. The van der Waals surface area contributed by atoms with E-state index in [1.807, 2.05) is 61.7 Å². The number of ether oxygens (including phenoxy) is 1. The molecule has 0 atom stereocenters. The van der Waals surface area contributed by atoms with Gasteiger partial charge in [0.05, 0.1) is 16.7 Å². The molecule has 4 aromatic rings. The molecule has 3 heterocycles. The number of fused-ring (bicyclic) bond motifs is 1. The summed E-state index contributed by atoms with van der Waals surface area (Å²) < 4.78 is 13.1. The number of anilines is 1. The van der Waals surface area contributed by atoms with Crippen molar-refractivity contribution in [2.24, 2.45) is 0 Å². The van der Waals surface area contributed by atoms with Crippen LogP contribution in [0.3, 0.4) is 0 Å². The van der Waals surface area contributed by atoms with Gasteiger partial charge in [0, 0.05) is 19.8 Å². The molecule has 0 aliphatic heterocycles. The summed E-state index contributed by atoms with van der Waals surface area (Å²) in [7, 11) is 0. The smallest absolute Gasteiger partial charge is 0.269 e. The molecule has 0 aliphatic carbocycles. The van der Waals surface area contributed by atoms with Crippen LogP contribution in [0.1, 0.15) is 34.5 Å². The maximum Gasteiger partial charge on any atom is 0.269 e. The molecule has 0 saturated carbocycles. The zero-order valence-corrected chi connectivity index (χ0v) is 18.1. The third-order valence-electron chi connectivity index (χ3n) is 4.71. The average molecular weight is 425 g/mol. The molecule has 30 heavy (non-hydrogen) atoms. The molecule has 0 unspecified atom stereocenters. The van der Waals surface area contributed by atoms with E-state index in [9.17, 15) is 4.79 Å². The van der Waals surface area contributed by atoms with Gasteiger partial charge in [-0.2, -0.15) is 0 Å². The van der Waals surface area contributed by atoms with Crippen molar-refractivity contribution in [3.8, 4) is 10.8 Å². The van der Waals surface area contributed by atoms with Gasteiger partial charge < -0.3 is 13.7 Å². The van der Waals surface area contributed by atoms with Gasteiger partial charge in [0.25, 0.3) is 5.91 Å². The van der Waals surface area contributed by atoms with Crippen molar-refractivity contribution in [1.29, 1.82) is 0 Å². The first-order valence-corrected chi connectivity index (χ1v) is 10.8. The van der Waals surface area contributed by atoms with Gasteiger partial charge in [0.1, 0.15) is 10.6 Å². The van der Waals surface area contributed by atoms with E-state index in [1.165, 1.54) is 11.3 Å². The second-order valence-electron chi connectivity index (χ2n) is 6.92. The van der Waals surface area contributed by atoms with Crippen LogP contribution in [0.4, 0.5) is 5.95 Å². The van der Waals surface area contributed by atoms with Gasteiger partial charge in [-0.05, 0) is 51.5 Å². The molecule has 8 heteroatoms. The van der Waals surface area contributed by atoms with Crippen LogP contribution >= 0.6 is 11.3 Å². The number of aromatic nitrogens is 3. The lowest BCUT2D eigenvalue weighted by atomic mass is 10.3. The highest BCUT2D eigenvalue weighted by atomic mass is 32.1. The van der Waals surface area contributed by atoms with Crippen molar-refractivity contribution in [3.05, 3.63) is 52.7 Å². The number of nitrogens with one attached hydrogen (secondary N) is 1. The third kappa shape index (κ3) is 4.15. The van der Waals surface area contributed by atoms with E-state index in [4.69, 9.17) is 9.15 Å². The first-order chi connectivity index (χ1) is 14.6. The Bertz CT molecular complexity index is 1170. The second-order valence-corrected chi connectivity index (χ2v) is 7.92. The normalized spacial score (nSPS) is 11.3. The molecule has 0 spiro atoms. The molecule has 0 radical (unpaired) electrons. The van der Waals surface area contributed by atoms with E-state index in [0.717, 1.165) is 23.2 Å². The van der Waals surface area contributed by atoms with Crippen molar-refractivity contribution >= 4 is 34.2 Å². The van der Waals surface area contributed by atoms with E-state index in [1.54, 1.807) is 0 Å². The molecule has 7 nitrogen and oxygen atoms in total. The van der Waals surface area contributed by atoms with Crippen molar-refractivity contribution in [2.45, 2.75) is 33.7 Å². The van der Waals surface area contributed by atoms with Crippen LogP contribution in [0, 0.1) is 13.8 Å². The number of imidazole rings is 1. The Morgan fingerprint density at radius 2 is 2.03 bits per heavy atom. The number of hydrogen-bond acceptors (Lipinski definition) is 6. The number of benzene rings is 1. The van der Waals surface area contributed by atoms with Crippen LogP contribution in [0.2, 0.25) is 0 Å². The number of aryl methyl sites for hydroxylation is 3. The predicted molar refractivity (Wildman–Crippen MR) is 118 cm³/mol. The van der Waals surface area contributed by atoms with E-state index < -0.39 is 0 Å². The molecule has 0 saturated heterocycles. The highest BCUT2D eigenvalue weighted by Gasteiger charge is 2.20. The van der Waals surface area contributed by atoms with Gasteiger partial charge in [-0.25, -0.2) is 9.97 Å². The van der Waals surface area contributed by atoms with E-state index >= 15 is 0 Å². The molecular weight excluding hydrogens is 400 g/mol. The molecule has 156 valence electrons. The predicted octanol–water partition coefficient (Wildman–Crippen LogP) is 5.05. The quantitative estimate of drug-likeness (QED) is 0.400. The number of rotatable bonds is 8. The molecule has 0 bridgehead atoms. The summed E-state index contributed by atoms with van der Waals surface area (Å²) in [6.07, 6.45) is 0.832. The van der Waals surface area contributed by atoms with Gasteiger partial charge in [0.15, 0.2) is 10.8 Å². The van der Waals surface area contributed by atoms with Crippen LogP contribution in [0.25, 0.3) is 21.8 Å². The first-order valence-electron chi connectivity index (χ1n) is 9.95. The molecule has 1 amide bonds. The summed E-state index contributed by atoms with van der Waals surface area (Å²) in [4.78, 5) is 22.7. The lowest BCUT2D eigenvalue weighted by Gasteiger charge is -2.10. The topological polar surface area (TPSA) is 82.2 Å². The Labute approximate surface area is 178 Å². The van der Waals surface area contributed by atoms with E-state index in [0.29, 0.717) is 47.0 Å². The summed E-state index contributed by atoms with van der Waals surface area (Å²) in [6, 6.07) is 11.6. The number of thiazole rings is 1. The summed E-state index contributed by atoms with van der Waals surface area (Å²) in [5.74, 6) is 1.79. The highest BCUT2D eigenvalue weighted by molar-refractivity contribution is 7.17. The highest BCUT2D eigenvalue weighted by Crippen LogP contribution is 2.30. The Morgan fingerprint density at radius 1 is 1.20 bits per heavy atom. The molecule has 1 N–H and O–H groups in total. The maximum absolute atomic E-state index is 13.0. The number of furan rings is 1. The fraction of sp³-hybridized carbons (Fsp3) is 0.318. The van der Waals surface area contributed by atoms with Gasteiger partial charge in [-0.1, -0.05) is 12.1 Å². The lowest BCUT2D eigenvalue weighted by molar-refractivity contribution is 0.102. The number of hydrogen-bond donors (Lipinski definition) is 1. The number of carbonyl (C=O) groups excluding carboxylic acids is 1. The van der Waals surface area contributed by atoms with Crippen molar-refractivity contribution in [2.75, 3.05) is 18.5 Å². The summed E-state index contributed by atoms with van der Waals surface area (Å²) in [5.41, 5.74) is 2.50. The summed E-state index contributed by atoms with van der Waals surface area (Å²) in [5, 5.41) is 3.67. The van der Waals surface area contributed by atoms with E-state index in [2.05, 4.69) is 15.3 Å². The second kappa shape index (κ2) is 8.81. The van der Waals surface area contributed by atoms with Gasteiger partial charge in [0.2, 0.25) is 5.95 Å². The number of para-hydroxylation sites is 2. The minimum Gasteiger partial charge on any atom is -0.459 e. The van der Waals surface area contributed by atoms with Gasteiger partial charge in [-0.15, -0.1) is 11.3 Å². The van der Waals surface area contributed by atoms with Crippen molar-refractivity contribution < 1.29 is 13.9 Å². The average Bonchev–Trinajstić information content (AvgIpc) is 3.42.